The number of benzene rings is 2. The van der Waals surface area contributed by atoms with Crippen LogP contribution in [0.3, 0.4) is 0 Å². The summed E-state index contributed by atoms with van der Waals surface area (Å²) in [6.45, 7) is 1.10. The van der Waals surface area contributed by atoms with Crippen molar-refractivity contribution in [1.82, 2.24) is 4.90 Å². The molecule has 2 aromatic rings. The lowest BCUT2D eigenvalue weighted by atomic mass is 10.0. The summed E-state index contributed by atoms with van der Waals surface area (Å²) in [6.07, 6.45) is 1.97. The highest BCUT2D eigenvalue weighted by atomic mass is 19.1. The number of carbonyl (C=O) groups excluding carboxylic acids is 1. The molecule has 1 atom stereocenters. The molecule has 1 amide bonds. The van der Waals surface area contributed by atoms with E-state index in [1.807, 2.05) is 0 Å². The molecule has 1 heterocycles. The maximum Gasteiger partial charge on any atom is 0.238 e. The lowest BCUT2D eigenvalue weighted by Gasteiger charge is -2.24. The van der Waals surface area contributed by atoms with Crippen LogP contribution in [0.1, 0.15) is 24.4 Å². The average molecular weight is 358 g/mol. The van der Waals surface area contributed by atoms with Crippen molar-refractivity contribution in [2.45, 2.75) is 18.9 Å². The van der Waals surface area contributed by atoms with Crippen molar-refractivity contribution >= 4 is 11.6 Å². The van der Waals surface area contributed by atoms with Crippen molar-refractivity contribution in [2.75, 3.05) is 32.6 Å². The van der Waals surface area contributed by atoms with E-state index in [1.165, 1.54) is 12.1 Å². The number of rotatable bonds is 6. The highest BCUT2D eigenvalue weighted by Gasteiger charge is 2.27. The van der Waals surface area contributed by atoms with Crippen molar-refractivity contribution < 1.29 is 18.7 Å². The Hall–Kier alpha value is -2.60. The van der Waals surface area contributed by atoms with Gasteiger partial charge in [0.1, 0.15) is 17.3 Å². The summed E-state index contributed by atoms with van der Waals surface area (Å²) < 4.78 is 23.7. The van der Waals surface area contributed by atoms with E-state index in [2.05, 4.69) is 10.2 Å². The minimum atomic E-state index is -0.249. The summed E-state index contributed by atoms with van der Waals surface area (Å²) in [6, 6.07) is 11.9. The summed E-state index contributed by atoms with van der Waals surface area (Å²) in [4.78, 5) is 14.7. The van der Waals surface area contributed by atoms with Gasteiger partial charge in [-0.25, -0.2) is 4.39 Å². The SMILES string of the molecule is COc1ccc(OC)c(NC(=O)CN2CCC[C@@H]2c2ccc(F)cc2)c1. The van der Waals surface area contributed by atoms with Crippen molar-refractivity contribution in [1.29, 1.82) is 0 Å². The Kier molecular flexibility index (Phi) is 5.73. The molecule has 0 aromatic heterocycles. The molecule has 0 saturated carbocycles. The van der Waals surface area contributed by atoms with Gasteiger partial charge in [0.15, 0.2) is 0 Å². The minimum absolute atomic E-state index is 0.120. The second kappa shape index (κ2) is 8.19. The molecule has 0 radical (unpaired) electrons. The Morgan fingerprint density at radius 3 is 2.65 bits per heavy atom. The maximum absolute atomic E-state index is 13.2. The number of carbonyl (C=O) groups is 1. The largest absolute Gasteiger partial charge is 0.497 e. The quantitative estimate of drug-likeness (QED) is 0.857. The molecule has 1 saturated heterocycles. The maximum atomic E-state index is 13.2. The van der Waals surface area contributed by atoms with Gasteiger partial charge >= 0.3 is 0 Å². The molecule has 3 rings (SSSR count). The van der Waals surface area contributed by atoms with Crippen LogP contribution in [0.2, 0.25) is 0 Å². The van der Waals surface area contributed by atoms with Gasteiger partial charge in [-0.3, -0.25) is 9.69 Å². The third kappa shape index (κ3) is 4.14. The van der Waals surface area contributed by atoms with Gasteiger partial charge in [-0.1, -0.05) is 12.1 Å². The van der Waals surface area contributed by atoms with E-state index in [0.717, 1.165) is 24.9 Å². The molecule has 0 aliphatic carbocycles. The highest BCUT2D eigenvalue weighted by Crippen LogP contribution is 2.32. The topological polar surface area (TPSA) is 50.8 Å². The Morgan fingerprint density at radius 1 is 1.19 bits per heavy atom. The van der Waals surface area contributed by atoms with Gasteiger partial charge in [0.25, 0.3) is 0 Å². The van der Waals surface area contributed by atoms with Gasteiger partial charge in [0.2, 0.25) is 5.91 Å². The Labute approximate surface area is 152 Å². The van der Waals surface area contributed by atoms with Crippen LogP contribution in [-0.2, 0) is 4.79 Å². The molecule has 0 spiro atoms. The van der Waals surface area contributed by atoms with Crippen LogP contribution in [0.4, 0.5) is 10.1 Å². The second-order valence-corrected chi connectivity index (χ2v) is 6.29. The predicted molar refractivity (Wildman–Crippen MR) is 98.1 cm³/mol. The molecule has 26 heavy (non-hydrogen) atoms. The lowest BCUT2D eigenvalue weighted by Crippen LogP contribution is -2.33. The highest BCUT2D eigenvalue weighted by molar-refractivity contribution is 5.94. The summed E-state index contributed by atoms with van der Waals surface area (Å²) in [5.74, 6) is 0.855. The minimum Gasteiger partial charge on any atom is -0.497 e. The molecule has 1 aliphatic rings. The number of anilines is 1. The van der Waals surface area contributed by atoms with Crippen LogP contribution >= 0.6 is 0 Å². The molecule has 5 nitrogen and oxygen atoms in total. The third-order valence-electron chi connectivity index (χ3n) is 4.65. The van der Waals surface area contributed by atoms with Crippen molar-refractivity contribution in [3.05, 3.63) is 53.8 Å². The zero-order valence-corrected chi connectivity index (χ0v) is 15.0. The first-order chi connectivity index (χ1) is 12.6. The molecule has 0 unspecified atom stereocenters. The summed E-state index contributed by atoms with van der Waals surface area (Å²) in [7, 11) is 3.13. The Balaban J connectivity index is 1.68. The number of amides is 1. The summed E-state index contributed by atoms with van der Waals surface area (Å²) >= 11 is 0. The van der Waals surface area contributed by atoms with E-state index in [9.17, 15) is 9.18 Å². The Bertz CT molecular complexity index is 764. The zero-order chi connectivity index (χ0) is 18.5. The fraction of sp³-hybridized carbons (Fsp3) is 0.350. The van der Waals surface area contributed by atoms with E-state index < -0.39 is 0 Å². The van der Waals surface area contributed by atoms with Gasteiger partial charge in [-0.15, -0.1) is 0 Å². The van der Waals surface area contributed by atoms with E-state index >= 15 is 0 Å². The van der Waals surface area contributed by atoms with Gasteiger partial charge < -0.3 is 14.8 Å². The number of nitrogens with zero attached hydrogens (tertiary/aromatic N) is 1. The monoisotopic (exact) mass is 358 g/mol. The molecule has 0 bridgehead atoms. The fourth-order valence-corrected chi connectivity index (χ4v) is 3.36. The first-order valence-corrected chi connectivity index (χ1v) is 8.62. The van der Waals surface area contributed by atoms with Crippen LogP contribution in [0.25, 0.3) is 0 Å². The van der Waals surface area contributed by atoms with E-state index in [1.54, 1.807) is 44.6 Å². The van der Waals surface area contributed by atoms with Crippen LogP contribution in [0.15, 0.2) is 42.5 Å². The zero-order valence-electron chi connectivity index (χ0n) is 15.0. The molecule has 2 aromatic carbocycles. The number of hydrogen-bond donors (Lipinski definition) is 1. The second-order valence-electron chi connectivity index (χ2n) is 6.29. The molecule has 1 N–H and O–H groups in total. The lowest BCUT2D eigenvalue weighted by molar-refractivity contribution is -0.117. The average Bonchev–Trinajstić information content (AvgIpc) is 3.10. The van der Waals surface area contributed by atoms with Gasteiger partial charge in [0, 0.05) is 12.1 Å². The molecular formula is C20H23FN2O3. The van der Waals surface area contributed by atoms with Gasteiger partial charge in [0.05, 0.1) is 26.5 Å². The third-order valence-corrected chi connectivity index (χ3v) is 4.65. The number of likely N-dealkylation sites (tertiary alicyclic amines) is 1. The molecule has 1 fully saturated rings. The molecule has 138 valence electrons. The van der Waals surface area contributed by atoms with Crippen molar-refractivity contribution in [3.63, 3.8) is 0 Å². The number of methoxy groups -OCH3 is 2. The van der Waals surface area contributed by atoms with Crippen molar-refractivity contribution in [3.8, 4) is 11.5 Å². The first-order valence-electron chi connectivity index (χ1n) is 8.62. The number of hydrogen-bond acceptors (Lipinski definition) is 4. The molecule has 6 heteroatoms. The summed E-state index contributed by atoms with van der Waals surface area (Å²) in [5, 5.41) is 2.90. The van der Waals surface area contributed by atoms with E-state index in [4.69, 9.17) is 9.47 Å². The van der Waals surface area contributed by atoms with E-state index in [-0.39, 0.29) is 24.3 Å². The standard InChI is InChI=1S/C20H23FN2O3/c1-25-16-9-10-19(26-2)17(12-16)22-20(24)13-23-11-3-4-18(23)14-5-7-15(21)8-6-14/h5-10,12,18H,3-4,11,13H2,1-2H3,(H,22,24)/t18-/m1/s1. The predicted octanol–water partition coefficient (Wildman–Crippen LogP) is 3.62. The smallest absolute Gasteiger partial charge is 0.238 e. The fourth-order valence-electron chi connectivity index (χ4n) is 3.36. The number of ether oxygens (including phenoxy) is 2. The van der Waals surface area contributed by atoms with Crippen LogP contribution in [0.5, 0.6) is 11.5 Å². The Morgan fingerprint density at radius 2 is 1.96 bits per heavy atom. The van der Waals surface area contributed by atoms with Crippen LogP contribution in [-0.4, -0.2) is 38.1 Å². The van der Waals surface area contributed by atoms with Gasteiger partial charge in [-0.2, -0.15) is 0 Å². The van der Waals surface area contributed by atoms with Crippen molar-refractivity contribution in [2.24, 2.45) is 0 Å². The van der Waals surface area contributed by atoms with Gasteiger partial charge in [-0.05, 0) is 49.2 Å². The normalized spacial score (nSPS) is 17.1. The summed E-state index contributed by atoms with van der Waals surface area (Å²) in [5.41, 5.74) is 1.62. The van der Waals surface area contributed by atoms with Crippen LogP contribution in [0, 0.1) is 5.82 Å². The van der Waals surface area contributed by atoms with E-state index in [0.29, 0.717) is 17.2 Å². The first kappa shape index (κ1) is 18.2. The number of nitrogens with one attached hydrogen (secondary N) is 1. The molecular weight excluding hydrogens is 335 g/mol. The van der Waals surface area contributed by atoms with Crippen LogP contribution < -0.4 is 14.8 Å². The number of halogens is 1. The molecule has 1 aliphatic heterocycles.